The Kier molecular flexibility index (Phi) is 4.36. The number of hydrogen-bond acceptors (Lipinski definition) is 5. The van der Waals surface area contributed by atoms with Gasteiger partial charge in [-0.3, -0.25) is 9.36 Å². The number of aliphatic hydroxyl groups excluding tert-OH is 1. The summed E-state index contributed by atoms with van der Waals surface area (Å²) in [6.07, 6.45) is 2.41. The number of rotatable bonds is 6. The second-order valence-corrected chi connectivity index (χ2v) is 6.07. The lowest BCUT2D eigenvalue weighted by Gasteiger charge is -2.16. The Hall–Kier alpha value is -1.51. The second kappa shape index (κ2) is 5.86. The number of hydrogen-bond donors (Lipinski definition) is 6. The van der Waals surface area contributed by atoms with Crippen molar-refractivity contribution in [3.05, 3.63) is 28.4 Å². The molecule has 1 atom stereocenters. The third-order valence-electron chi connectivity index (χ3n) is 2.81. The van der Waals surface area contributed by atoms with Gasteiger partial charge < -0.3 is 30.2 Å². The van der Waals surface area contributed by atoms with Crippen molar-refractivity contribution < 1.29 is 19.5 Å². The largest absolute Gasteiger partial charge is 0.395 e. The Morgan fingerprint density at radius 3 is 2.80 bits per heavy atom. The van der Waals surface area contributed by atoms with E-state index in [1.54, 1.807) is 6.20 Å². The predicted molar refractivity (Wildman–Crippen MR) is 71.3 cm³/mol. The molecule has 0 saturated carbocycles. The van der Waals surface area contributed by atoms with E-state index in [0.29, 0.717) is 16.6 Å². The smallest absolute Gasteiger partial charge is 0.327 e. The maximum Gasteiger partial charge on any atom is 0.327 e. The molecule has 2 aromatic heterocycles. The lowest BCUT2D eigenvalue weighted by atomic mass is 10.2. The lowest BCUT2D eigenvalue weighted by molar-refractivity contribution is 0.245. The molecule has 0 spiro atoms. The Labute approximate surface area is 113 Å². The summed E-state index contributed by atoms with van der Waals surface area (Å²) >= 11 is 0. The van der Waals surface area contributed by atoms with Crippen molar-refractivity contribution in [2.75, 3.05) is 12.8 Å². The van der Waals surface area contributed by atoms with Crippen LogP contribution in [0.3, 0.4) is 0 Å². The average molecular weight is 302 g/mol. The molecule has 2 heterocycles. The van der Waals surface area contributed by atoms with Crippen LogP contribution in [0.5, 0.6) is 0 Å². The number of fused-ring (bicyclic) bond motifs is 1. The summed E-state index contributed by atoms with van der Waals surface area (Å²) in [4.78, 5) is 38.5. The van der Waals surface area contributed by atoms with Crippen LogP contribution in [0.4, 0.5) is 0 Å². The molecule has 0 aliphatic carbocycles. The zero-order valence-corrected chi connectivity index (χ0v) is 11.3. The van der Waals surface area contributed by atoms with E-state index in [4.69, 9.17) is 14.9 Å². The van der Waals surface area contributed by atoms with Crippen LogP contribution < -0.4 is 10.9 Å². The minimum Gasteiger partial charge on any atom is -0.395 e. The summed E-state index contributed by atoms with van der Waals surface area (Å²) in [5.41, 5.74) is 1.19. The second-order valence-electron chi connectivity index (χ2n) is 4.38. The first-order valence-corrected chi connectivity index (χ1v) is 7.63. The lowest BCUT2D eigenvalue weighted by Crippen LogP contribution is -2.35. The van der Waals surface area contributed by atoms with E-state index in [9.17, 15) is 9.36 Å². The quantitative estimate of drug-likeness (QED) is 0.370. The van der Waals surface area contributed by atoms with Gasteiger partial charge in [-0.15, -0.1) is 0 Å². The molecule has 1 unspecified atom stereocenters. The first-order chi connectivity index (χ1) is 9.40. The summed E-state index contributed by atoms with van der Waals surface area (Å²) in [6, 6.07) is -0.734. The first-order valence-electron chi connectivity index (χ1n) is 5.83. The summed E-state index contributed by atoms with van der Waals surface area (Å²) in [6.45, 7) is -0.177. The standard InChI is InChI=1S/C10H15N4O5P/c15-3-7(4-20(17,18)19)11-1-6-2-12-9-8(6)13-5-14-10(9)16/h2,5,7,11-12,15H,1,3-4H2,(H,13,14,16)(H2,17,18,19). The van der Waals surface area contributed by atoms with Gasteiger partial charge in [0, 0.05) is 24.3 Å². The molecule has 6 N–H and O–H groups in total. The van der Waals surface area contributed by atoms with E-state index in [1.165, 1.54) is 6.33 Å². The van der Waals surface area contributed by atoms with Crippen molar-refractivity contribution in [3.8, 4) is 0 Å². The molecule has 0 aliphatic heterocycles. The third-order valence-corrected chi connectivity index (χ3v) is 3.72. The molecule has 20 heavy (non-hydrogen) atoms. The van der Waals surface area contributed by atoms with Crippen molar-refractivity contribution in [3.63, 3.8) is 0 Å². The van der Waals surface area contributed by atoms with Crippen LogP contribution in [-0.2, 0) is 11.1 Å². The molecule has 0 fully saturated rings. The molecule has 2 rings (SSSR count). The molecule has 0 bridgehead atoms. The van der Waals surface area contributed by atoms with E-state index < -0.39 is 26.4 Å². The third kappa shape index (κ3) is 3.53. The molecular weight excluding hydrogens is 287 g/mol. The van der Waals surface area contributed by atoms with Crippen LogP contribution in [0, 0.1) is 0 Å². The average Bonchev–Trinajstić information content (AvgIpc) is 2.78. The Morgan fingerprint density at radius 1 is 1.40 bits per heavy atom. The maximum atomic E-state index is 11.5. The Balaban J connectivity index is 2.11. The minimum atomic E-state index is -4.20. The number of aromatic amines is 2. The van der Waals surface area contributed by atoms with Gasteiger partial charge in [-0.1, -0.05) is 0 Å². The SMILES string of the molecule is O=c1[nH]cnc2c(CNC(CO)CP(=O)(O)O)c[nH]c12. The number of H-pyrrole nitrogens is 2. The van der Waals surface area contributed by atoms with Crippen LogP contribution in [0.2, 0.25) is 0 Å². The van der Waals surface area contributed by atoms with E-state index >= 15 is 0 Å². The predicted octanol–water partition coefficient (Wildman–Crippen LogP) is -1.12. The molecule has 0 saturated heterocycles. The molecule has 10 heteroatoms. The topological polar surface area (TPSA) is 151 Å². The number of aliphatic hydroxyl groups is 1. The van der Waals surface area contributed by atoms with E-state index in [1.807, 2.05) is 0 Å². The Morgan fingerprint density at radius 2 is 2.15 bits per heavy atom. The number of nitrogens with one attached hydrogen (secondary N) is 3. The summed E-state index contributed by atoms with van der Waals surface area (Å²) in [5.74, 6) is 0. The summed E-state index contributed by atoms with van der Waals surface area (Å²) in [7, 11) is -4.20. The molecular formula is C10H15N4O5P. The highest BCUT2D eigenvalue weighted by atomic mass is 31.2. The van der Waals surface area contributed by atoms with Crippen molar-refractivity contribution >= 4 is 18.6 Å². The fourth-order valence-electron chi connectivity index (χ4n) is 1.87. The van der Waals surface area contributed by atoms with Crippen molar-refractivity contribution in [2.24, 2.45) is 0 Å². The number of aromatic nitrogens is 3. The van der Waals surface area contributed by atoms with E-state index in [-0.39, 0.29) is 12.1 Å². The normalized spacial score (nSPS) is 13.8. The Bertz CT molecular complexity index is 690. The van der Waals surface area contributed by atoms with Gasteiger partial charge in [-0.2, -0.15) is 0 Å². The molecule has 0 aliphatic rings. The van der Waals surface area contributed by atoms with Crippen LogP contribution in [0.15, 0.2) is 17.3 Å². The molecule has 0 amide bonds. The first kappa shape index (κ1) is 14.9. The highest BCUT2D eigenvalue weighted by molar-refractivity contribution is 7.51. The molecule has 9 nitrogen and oxygen atoms in total. The van der Waals surface area contributed by atoms with Gasteiger partial charge in [0.05, 0.1) is 24.6 Å². The van der Waals surface area contributed by atoms with Crippen LogP contribution in [-0.4, -0.2) is 48.7 Å². The van der Waals surface area contributed by atoms with Gasteiger partial charge in [0.15, 0.2) is 0 Å². The molecule has 2 aromatic rings. The zero-order valence-electron chi connectivity index (χ0n) is 10.4. The van der Waals surface area contributed by atoms with Gasteiger partial charge >= 0.3 is 7.60 Å². The monoisotopic (exact) mass is 302 g/mol. The van der Waals surface area contributed by atoms with Crippen molar-refractivity contribution in [1.82, 2.24) is 20.3 Å². The van der Waals surface area contributed by atoms with E-state index in [2.05, 4.69) is 20.3 Å². The van der Waals surface area contributed by atoms with Gasteiger partial charge in [-0.25, -0.2) is 4.98 Å². The highest BCUT2D eigenvalue weighted by Gasteiger charge is 2.21. The fraction of sp³-hybridized carbons (Fsp3) is 0.400. The fourth-order valence-corrected chi connectivity index (χ4v) is 2.69. The zero-order chi connectivity index (χ0) is 14.8. The van der Waals surface area contributed by atoms with Crippen LogP contribution in [0.1, 0.15) is 5.56 Å². The molecule has 110 valence electrons. The molecule has 0 radical (unpaired) electrons. The van der Waals surface area contributed by atoms with Gasteiger partial charge in [0.25, 0.3) is 5.56 Å². The van der Waals surface area contributed by atoms with Gasteiger partial charge in [0.2, 0.25) is 0 Å². The van der Waals surface area contributed by atoms with Crippen LogP contribution >= 0.6 is 7.60 Å². The van der Waals surface area contributed by atoms with Crippen molar-refractivity contribution in [2.45, 2.75) is 12.6 Å². The summed E-state index contributed by atoms with van der Waals surface area (Å²) in [5, 5.41) is 11.9. The number of nitrogens with zero attached hydrogens (tertiary/aromatic N) is 1. The highest BCUT2D eigenvalue weighted by Crippen LogP contribution is 2.34. The van der Waals surface area contributed by atoms with E-state index in [0.717, 1.165) is 0 Å². The van der Waals surface area contributed by atoms with Gasteiger partial charge in [0.1, 0.15) is 5.52 Å². The molecule has 0 aromatic carbocycles. The van der Waals surface area contributed by atoms with Crippen LogP contribution in [0.25, 0.3) is 11.0 Å². The summed E-state index contributed by atoms with van der Waals surface area (Å²) < 4.78 is 10.9. The van der Waals surface area contributed by atoms with Crippen molar-refractivity contribution in [1.29, 1.82) is 0 Å². The minimum absolute atomic E-state index is 0.224. The maximum absolute atomic E-state index is 11.5. The van der Waals surface area contributed by atoms with Gasteiger partial charge in [-0.05, 0) is 0 Å².